The molecule has 1 aromatic carbocycles. The first kappa shape index (κ1) is 10.3. The van der Waals surface area contributed by atoms with Gasteiger partial charge in [-0.25, -0.2) is 0 Å². The molecule has 1 aromatic rings. The molecule has 0 saturated heterocycles. The Morgan fingerprint density at radius 2 is 2.15 bits per heavy atom. The Balaban J connectivity index is 3.12. The number of benzene rings is 1. The number of carbonyl (C=O) groups is 1. The fraction of sp³-hybridized carbons (Fsp3) is 0.300. The maximum absolute atomic E-state index is 10.7. The van der Waals surface area contributed by atoms with Crippen molar-refractivity contribution in [3.63, 3.8) is 0 Å². The molecule has 0 radical (unpaired) electrons. The maximum Gasteiger partial charge on any atom is 0.310 e. The molecule has 2 nitrogen and oxygen atoms in total. The maximum atomic E-state index is 10.7. The van der Waals surface area contributed by atoms with E-state index in [0.29, 0.717) is 0 Å². The number of hydrogen-bond donors (Lipinski definition) is 1. The number of aryl methyl sites for hydroxylation is 1. The van der Waals surface area contributed by atoms with Crippen LogP contribution in [-0.4, -0.2) is 11.1 Å². The summed E-state index contributed by atoms with van der Waals surface area (Å²) in [7, 11) is 0. The molecule has 0 heterocycles. The normalized spacial score (nSPS) is 12.5. The van der Waals surface area contributed by atoms with E-state index in [1.54, 1.807) is 6.92 Å². The lowest BCUT2D eigenvalue weighted by molar-refractivity contribution is -0.138. The monoisotopic (exact) mass is 242 g/mol. The van der Waals surface area contributed by atoms with Gasteiger partial charge in [-0.05, 0) is 37.1 Å². The second kappa shape index (κ2) is 3.92. The van der Waals surface area contributed by atoms with Crippen LogP contribution in [0, 0.1) is 6.92 Å². The number of halogens is 1. The minimum absolute atomic E-state index is 0.447. The summed E-state index contributed by atoms with van der Waals surface area (Å²) in [4.78, 5) is 10.7. The van der Waals surface area contributed by atoms with Crippen LogP contribution in [0.3, 0.4) is 0 Å². The van der Waals surface area contributed by atoms with Crippen LogP contribution in [0.25, 0.3) is 0 Å². The van der Waals surface area contributed by atoms with Gasteiger partial charge in [-0.3, -0.25) is 4.79 Å². The summed E-state index contributed by atoms with van der Waals surface area (Å²) >= 11 is 3.32. The van der Waals surface area contributed by atoms with Crippen LogP contribution in [-0.2, 0) is 4.79 Å². The summed E-state index contributed by atoms with van der Waals surface area (Å²) in [6, 6.07) is 5.68. The van der Waals surface area contributed by atoms with E-state index in [-0.39, 0.29) is 0 Å². The lowest BCUT2D eigenvalue weighted by atomic mass is 9.97. The average molecular weight is 243 g/mol. The number of rotatable bonds is 2. The van der Waals surface area contributed by atoms with E-state index in [9.17, 15) is 4.79 Å². The van der Waals surface area contributed by atoms with Gasteiger partial charge in [0, 0.05) is 4.47 Å². The summed E-state index contributed by atoms with van der Waals surface area (Å²) in [5.41, 5.74) is 1.87. The Labute approximate surface area is 85.7 Å². The molecule has 0 saturated carbocycles. The van der Waals surface area contributed by atoms with Crippen molar-refractivity contribution in [1.82, 2.24) is 0 Å². The predicted molar refractivity (Wildman–Crippen MR) is 54.9 cm³/mol. The van der Waals surface area contributed by atoms with Crippen molar-refractivity contribution < 1.29 is 9.90 Å². The van der Waals surface area contributed by atoms with E-state index in [2.05, 4.69) is 15.9 Å². The molecular weight excluding hydrogens is 232 g/mol. The minimum atomic E-state index is -0.791. The van der Waals surface area contributed by atoms with Gasteiger partial charge in [0.2, 0.25) is 0 Å². The first-order valence-electron chi connectivity index (χ1n) is 4.01. The van der Waals surface area contributed by atoms with Crippen molar-refractivity contribution >= 4 is 21.9 Å². The summed E-state index contributed by atoms with van der Waals surface area (Å²) in [5.74, 6) is -1.24. The second-order valence-corrected chi connectivity index (χ2v) is 3.98. The van der Waals surface area contributed by atoms with Crippen LogP contribution in [0.15, 0.2) is 22.7 Å². The summed E-state index contributed by atoms with van der Waals surface area (Å²) in [6.07, 6.45) is 0. The molecule has 70 valence electrons. The lowest BCUT2D eigenvalue weighted by Crippen LogP contribution is -2.08. The van der Waals surface area contributed by atoms with Crippen molar-refractivity contribution in [3.05, 3.63) is 33.8 Å². The number of aliphatic carboxylic acids is 1. The van der Waals surface area contributed by atoms with E-state index in [1.807, 2.05) is 25.1 Å². The van der Waals surface area contributed by atoms with Crippen molar-refractivity contribution in [2.24, 2.45) is 0 Å². The van der Waals surface area contributed by atoms with Crippen LogP contribution in [0.4, 0.5) is 0 Å². The molecule has 1 rings (SSSR count). The first-order valence-corrected chi connectivity index (χ1v) is 4.80. The minimum Gasteiger partial charge on any atom is -0.481 e. The average Bonchev–Trinajstić information content (AvgIpc) is 2.08. The van der Waals surface area contributed by atoms with Crippen molar-refractivity contribution in [1.29, 1.82) is 0 Å². The zero-order chi connectivity index (χ0) is 10.0. The van der Waals surface area contributed by atoms with E-state index in [4.69, 9.17) is 5.11 Å². The Morgan fingerprint density at radius 3 is 2.69 bits per heavy atom. The number of carboxylic acids is 1. The SMILES string of the molecule is Cc1ccc(Br)cc1[C@@H](C)C(=O)O. The Morgan fingerprint density at radius 1 is 1.54 bits per heavy atom. The van der Waals surface area contributed by atoms with Gasteiger partial charge in [-0.2, -0.15) is 0 Å². The molecule has 0 aliphatic rings. The molecule has 0 fully saturated rings. The molecule has 1 N–H and O–H groups in total. The van der Waals surface area contributed by atoms with Gasteiger partial charge in [0.1, 0.15) is 0 Å². The highest BCUT2D eigenvalue weighted by molar-refractivity contribution is 9.10. The highest BCUT2D eigenvalue weighted by atomic mass is 79.9. The molecule has 0 spiro atoms. The third-order valence-electron chi connectivity index (χ3n) is 2.08. The third kappa shape index (κ3) is 2.31. The largest absolute Gasteiger partial charge is 0.481 e. The molecule has 0 aliphatic heterocycles. The Bertz CT molecular complexity index is 334. The van der Waals surface area contributed by atoms with Crippen molar-refractivity contribution in [2.75, 3.05) is 0 Å². The number of carboxylic acid groups (broad SMARTS) is 1. The zero-order valence-corrected chi connectivity index (χ0v) is 9.13. The smallest absolute Gasteiger partial charge is 0.310 e. The molecule has 1 atom stereocenters. The van der Waals surface area contributed by atoms with Gasteiger partial charge in [-0.15, -0.1) is 0 Å². The molecule has 0 aliphatic carbocycles. The van der Waals surface area contributed by atoms with Crippen molar-refractivity contribution in [2.45, 2.75) is 19.8 Å². The van der Waals surface area contributed by atoms with Gasteiger partial charge in [0.05, 0.1) is 5.92 Å². The quantitative estimate of drug-likeness (QED) is 0.866. The second-order valence-electron chi connectivity index (χ2n) is 3.06. The molecule has 0 bridgehead atoms. The summed E-state index contributed by atoms with van der Waals surface area (Å²) in [6.45, 7) is 3.61. The molecule has 0 unspecified atom stereocenters. The van der Waals surface area contributed by atoms with Gasteiger partial charge in [0.25, 0.3) is 0 Å². The predicted octanol–water partition coefficient (Wildman–Crippen LogP) is 2.95. The fourth-order valence-corrected chi connectivity index (χ4v) is 1.59. The van der Waals surface area contributed by atoms with Crippen LogP contribution in [0.2, 0.25) is 0 Å². The first-order chi connectivity index (χ1) is 6.02. The highest BCUT2D eigenvalue weighted by Crippen LogP contribution is 2.23. The zero-order valence-electron chi connectivity index (χ0n) is 7.54. The summed E-state index contributed by atoms with van der Waals surface area (Å²) < 4.78 is 0.918. The Kier molecular flexibility index (Phi) is 3.09. The van der Waals surface area contributed by atoms with Gasteiger partial charge < -0.3 is 5.11 Å². The van der Waals surface area contributed by atoms with E-state index < -0.39 is 11.9 Å². The van der Waals surface area contributed by atoms with Crippen LogP contribution in [0.5, 0.6) is 0 Å². The third-order valence-corrected chi connectivity index (χ3v) is 2.57. The van der Waals surface area contributed by atoms with Gasteiger partial charge in [0.15, 0.2) is 0 Å². The molecule has 3 heteroatoms. The summed E-state index contributed by atoms with van der Waals surface area (Å²) in [5, 5.41) is 8.84. The highest BCUT2D eigenvalue weighted by Gasteiger charge is 2.15. The van der Waals surface area contributed by atoms with E-state index in [1.165, 1.54) is 0 Å². The van der Waals surface area contributed by atoms with Gasteiger partial charge in [-0.1, -0.05) is 22.0 Å². The fourth-order valence-electron chi connectivity index (χ4n) is 1.21. The van der Waals surface area contributed by atoms with Crippen LogP contribution in [0.1, 0.15) is 24.0 Å². The van der Waals surface area contributed by atoms with Gasteiger partial charge >= 0.3 is 5.97 Å². The number of hydrogen-bond acceptors (Lipinski definition) is 1. The molecule has 13 heavy (non-hydrogen) atoms. The van der Waals surface area contributed by atoms with Crippen molar-refractivity contribution in [3.8, 4) is 0 Å². The van der Waals surface area contributed by atoms with Crippen LogP contribution >= 0.6 is 15.9 Å². The van der Waals surface area contributed by atoms with E-state index >= 15 is 0 Å². The van der Waals surface area contributed by atoms with Crippen LogP contribution < -0.4 is 0 Å². The molecular formula is C10H11BrO2. The van der Waals surface area contributed by atoms with E-state index in [0.717, 1.165) is 15.6 Å². The topological polar surface area (TPSA) is 37.3 Å². The molecule has 0 aromatic heterocycles. The lowest BCUT2D eigenvalue weighted by Gasteiger charge is -2.10. The standard InChI is InChI=1S/C10H11BrO2/c1-6-3-4-8(11)5-9(6)7(2)10(12)13/h3-5,7H,1-2H3,(H,12,13)/t7-/m1/s1. The molecule has 0 amide bonds. The Hall–Kier alpha value is -0.830.